The number of halogens is 2. The minimum Gasteiger partial charge on any atom is -0.598 e. The molecule has 1 aliphatic heterocycles. The lowest BCUT2D eigenvalue weighted by Gasteiger charge is -2.38. The first kappa shape index (κ1) is 36.0. The van der Waals surface area contributed by atoms with Crippen molar-refractivity contribution in [3.63, 3.8) is 0 Å². The fourth-order valence-corrected chi connectivity index (χ4v) is 7.22. The van der Waals surface area contributed by atoms with Crippen LogP contribution in [0.4, 0.5) is 0 Å². The Balaban J connectivity index is 1.56. The maximum absolute atomic E-state index is 12.9. The molecule has 1 fully saturated rings. The molecule has 5 atom stereocenters. The van der Waals surface area contributed by atoms with Crippen molar-refractivity contribution in [3.8, 4) is 11.8 Å². The Morgan fingerprint density at radius 2 is 1.81 bits per heavy atom. The topological polar surface area (TPSA) is 146 Å². The van der Waals surface area contributed by atoms with Crippen LogP contribution in [0.25, 0.3) is 5.57 Å². The molecule has 11 nitrogen and oxygen atoms in total. The van der Waals surface area contributed by atoms with Crippen LogP contribution in [0.5, 0.6) is 11.8 Å². The van der Waals surface area contributed by atoms with E-state index in [-0.39, 0.29) is 17.8 Å². The molecule has 0 saturated carbocycles. The van der Waals surface area contributed by atoms with Gasteiger partial charge in [0.15, 0.2) is 0 Å². The minimum atomic E-state index is -1.35. The molecule has 1 saturated heterocycles. The van der Waals surface area contributed by atoms with E-state index in [1.165, 1.54) is 7.11 Å². The molecule has 256 valence electrons. The van der Waals surface area contributed by atoms with Gasteiger partial charge in [0.2, 0.25) is 17.7 Å². The Kier molecular flexibility index (Phi) is 11.3. The molecule has 5 rings (SSSR count). The van der Waals surface area contributed by atoms with Crippen molar-refractivity contribution in [2.24, 2.45) is 0 Å². The monoisotopic (exact) mass is 713 g/mol. The first-order valence-corrected chi connectivity index (χ1v) is 17.6. The van der Waals surface area contributed by atoms with Gasteiger partial charge in [-0.05, 0) is 51.3 Å². The van der Waals surface area contributed by atoms with Gasteiger partial charge in [-0.2, -0.15) is 0 Å². The molecule has 14 heteroatoms. The van der Waals surface area contributed by atoms with E-state index in [1.807, 2.05) is 70.2 Å². The number of allylic oxidation sites excluding steroid dienone is 4. The van der Waals surface area contributed by atoms with E-state index in [2.05, 4.69) is 15.4 Å². The van der Waals surface area contributed by atoms with Gasteiger partial charge < -0.3 is 24.7 Å². The summed E-state index contributed by atoms with van der Waals surface area (Å²) in [5.41, 5.74) is 2.37. The van der Waals surface area contributed by atoms with Crippen LogP contribution in [-0.2, 0) is 28.1 Å². The molecule has 3 aromatic rings. The molecular weight excluding hydrogens is 673 g/mol. The van der Waals surface area contributed by atoms with Crippen LogP contribution in [0.1, 0.15) is 74.9 Å². The highest BCUT2D eigenvalue weighted by Gasteiger charge is 2.47. The number of methoxy groups -OCH3 is 2. The number of alkyl halides is 1. The van der Waals surface area contributed by atoms with Gasteiger partial charge in [0.05, 0.1) is 54.8 Å². The predicted molar refractivity (Wildman–Crippen MR) is 188 cm³/mol. The second kappa shape index (κ2) is 15.1. The third-order valence-electron chi connectivity index (χ3n) is 8.32. The quantitative estimate of drug-likeness (QED) is 0.174. The van der Waals surface area contributed by atoms with Gasteiger partial charge in [-0.15, -0.1) is 16.3 Å². The molecule has 2 aliphatic rings. The van der Waals surface area contributed by atoms with Crippen molar-refractivity contribution in [3.05, 3.63) is 88.2 Å². The molecule has 1 aromatic carbocycles. The lowest BCUT2D eigenvalue weighted by atomic mass is 9.71. The van der Waals surface area contributed by atoms with E-state index in [9.17, 15) is 9.35 Å². The maximum Gasteiger partial charge on any atom is 0.237 e. The molecule has 2 aromatic heterocycles. The Morgan fingerprint density at radius 1 is 1.12 bits per heavy atom. The third-order valence-corrected chi connectivity index (χ3v) is 10.9. The van der Waals surface area contributed by atoms with Crippen molar-refractivity contribution in [1.82, 2.24) is 35.3 Å². The van der Waals surface area contributed by atoms with Crippen molar-refractivity contribution >= 4 is 46.0 Å². The molecule has 0 spiro atoms. The summed E-state index contributed by atoms with van der Waals surface area (Å²) < 4.78 is 27.0. The van der Waals surface area contributed by atoms with Crippen LogP contribution in [0.3, 0.4) is 0 Å². The number of ether oxygens (including phenoxy) is 2. The zero-order chi connectivity index (χ0) is 34.6. The van der Waals surface area contributed by atoms with Crippen LogP contribution in [-0.4, -0.2) is 67.3 Å². The van der Waals surface area contributed by atoms with Crippen LogP contribution in [0.15, 0.2) is 54.9 Å². The number of nitrogens with zero attached hydrogens (tertiary/aromatic N) is 4. The zero-order valence-corrected chi connectivity index (χ0v) is 30.2. The van der Waals surface area contributed by atoms with Gasteiger partial charge in [-0.25, -0.2) is 9.97 Å². The summed E-state index contributed by atoms with van der Waals surface area (Å²) in [6, 6.07) is 7.13. The van der Waals surface area contributed by atoms with Crippen molar-refractivity contribution in [2.75, 3.05) is 20.8 Å². The first-order valence-electron chi connectivity index (χ1n) is 15.7. The molecule has 1 amide bonds. The molecule has 0 radical (unpaired) electrons. The minimum absolute atomic E-state index is 0.0635. The number of carbonyl (C=O) groups is 1. The van der Waals surface area contributed by atoms with E-state index >= 15 is 0 Å². The summed E-state index contributed by atoms with van der Waals surface area (Å²) in [5, 5.41) is 6.10. The van der Waals surface area contributed by atoms with Crippen LogP contribution in [0, 0.1) is 0 Å². The number of nitrogens with one attached hydrogen (secondary N) is 3. The van der Waals surface area contributed by atoms with Crippen molar-refractivity contribution < 1.29 is 18.8 Å². The summed E-state index contributed by atoms with van der Waals surface area (Å²) in [4.78, 5) is 31.1. The summed E-state index contributed by atoms with van der Waals surface area (Å²) in [5.74, 6) is 0.636. The second-order valence-electron chi connectivity index (χ2n) is 12.7. The summed E-state index contributed by atoms with van der Waals surface area (Å²) in [7, 11) is 3.06. The predicted octanol–water partition coefficient (Wildman–Crippen LogP) is 4.97. The lowest BCUT2D eigenvalue weighted by Crippen LogP contribution is -2.41. The standard InChI is InChI=1S/C34H41Cl2N7O4S/c1-20(43-48(45)33(2,3)4)29-32(47-6)42-27(19-39-29)34(15-9-11-23(30(34)36)22-10-7-8-12-24(22)35)26-18-38-25(31(41-26)46-5)17-37-16-21-13-14-28(44)40-21/h7-12,15,18-21,30,37,43H,13-14,16-17H2,1-6H3,(H,40,44)/t20?,21-,30?,34?,48?/m0/s1. The van der Waals surface area contributed by atoms with Gasteiger partial charge >= 0.3 is 0 Å². The lowest BCUT2D eigenvalue weighted by molar-refractivity contribution is -0.119. The molecule has 1 aliphatic carbocycles. The number of hydrogen-bond donors (Lipinski definition) is 3. The van der Waals surface area contributed by atoms with Crippen LogP contribution < -0.4 is 24.8 Å². The number of amides is 1. The highest BCUT2D eigenvalue weighted by Crippen LogP contribution is 2.48. The fourth-order valence-electron chi connectivity index (χ4n) is 5.70. The average molecular weight is 715 g/mol. The summed E-state index contributed by atoms with van der Waals surface area (Å²) >= 11 is 12.8. The Labute approximate surface area is 294 Å². The zero-order valence-electron chi connectivity index (χ0n) is 27.8. The van der Waals surface area contributed by atoms with Gasteiger partial charge in [-0.3, -0.25) is 14.8 Å². The van der Waals surface area contributed by atoms with Gasteiger partial charge in [0.1, 0.15) is 16.1 Å². The molecule has 3 heterocycles. The van der Waals surface area contributed by atoms with Crippen LogP contribution in [0.2, 0.25) is 5.02 Å². The largest absolute Gasteiger partial charge is 0.598 e. The Hall–Kier alpha value is -3.26. The maximum atomic E-state index is 12.9. The van der Waals surface area contributed by atoms with Crippen LogP contribution >= 0.6 is 23.2 Å². The average Bonchev–Trinajstić information content (AvgIpc) is 3.49. The molecular formula is C34H41Cl2N7O4S. The van der Waals surface area contributed by atoms with E-state index in [1.54, 1.807) is 19.5 Å². The Bertz CT molecular complexity index is 1700. The molecule has 3 N–H and O–H groups in total. The van der Waals surface area contributed by atoms with Gasteiger partial charge in [0.25, 0.3) is 0 Å². The first-order chi connectivity index (χ1) is 22.9. The SMILES string of the molecule is COc1nc(C2(c3cnc(C(C)N[S+]([O-])C(C)(C)C)c(OC)n3)C=CC=C(c3ccccc3Cl)C2Cl)cnc1CNC[C@@H]1CCC(=O)N1. The molecule has 48 heavy (non-hydrogen) atoms. The molecule has 4 unspecified atom stereocenters. The number of hydrogen-bond acceptors (Lipinski definition) is 10. The van der Waals surface area contributed by atoms with Gasteiger partial charge in [-0.1, -0.05) is 48.0 Å². The van der Waals surface area contributed by atoms with E-state index in [0.29, 0.717) is 53.2 Å². The molecule has 0 bridgehead atoms. The van der Waals surface area contributed by atoms with Gasteiger partial charge in [0, 0.05) is 41.9 Å². The summed E-state index contributed by atoms with van der Waals surface area (Å²) in [6.45, 7) is 8.51. The fraction of sp³-hybridized carbons (Fsp3) is 0.441. The highest BCUT2D eigenvalue weighted by molar-refractivity contribution is 7.90. The number of aromatic nitrogens is 4. The van der Waals surface area contributed by atoms with E-state index in [4.69, 9.17) is 52.6 Å². The normalized spacial score (nSPS) is 22.2. The van der Waals surface area contributed by atoms with E-state index in [0.717, 1.165) is 17.6 Å². The number of rotatable bonds is 12. The van der Waals surface area contributed by atoms with Crippen molar-refractivity contribution in [2.45, 2.75) is 74.7 Å². The highest BCUT2D eigenvalue weighted by atomic mass is 35.5. The second-order valence-corrected chi connectivity index (χ2v) is 15.5. The summed E-state index contributed by atoms with van der Waals surface area (Å²) in [6.07, 6.45) is 10.4. The number of carbonyl (C=O) groups excluding carboxylic acids is 1. The van der Waals surface area contributed by atoms with E-state index < -0.39 is 32.9 Å². The third kappa shape index (κ3) is 7.49. The number of benzene rings is 1. The van der Waals surface area contributed by atoms with Crippen molar-refractivity contribution in [1.29, 1.82) is 0 Å². The Morgan fingerprint density at radius 3 is 2.46 bits per heavy atom. The smallest absolute Gasteiger partial charge is 0.237 e.